The summed E-state index contributed by atoms with van der Waals surface area (Å²) in [5, 5.41) is 10.6. The van der Waals surface area contributed by atoms with Gasteiger partial charge in [-0.3, -0.25) is 9.59 Å². The van der Waals surface area contributed by atoms with Crippen LogP contribution in [0.5, 0.6) is 0 Å². The molecule has 2 unspecified atom stereocenters. The zero-order valence-corrected chi connectivity index (χ0v) is 14.9. The van der Waals surface area contributed by atoms with Gasteiger partial charge in [-0.1, -0.05) is 13.3 Å². The Morgan fingerprint density at radius 3 is 2.72 bits per heavy atom. The number of carbonyl (C=O) groups is 2. The van der Waals surface area contributed by atoms with Crippen molar-refractivity contribution < 1.29 is 14.7 Å². The summed E-state index contributed by atoms with van der Waals surface area (Å²) in [6.45, 7) is 3.76. The van der Waals surface area contributed by atoms with Crippen LogP contribution in [0.4, 0.5) is 0 Å². The van der Waals surface area contributed by atoms with Gasteiger partial charge >= 0.3 is 5.97 Å². The van der Waals surface area contributed by atoms with Gasteiger partial charge < -0.3 is 10.1 Å². The van der Waals surface area contributed by atoms with Crippen LogP contribution in [0.2, 0.25) is 0 Å². The minimum absolute atomic E-state index is 0.0896. The molecule has 2 atom stereocenters. The Bertz CT molecular complexity index is 879. The van der Waals surface area contributed by atoms with Gasteiger partial charge in [0.05, 0.1) is 6.42 Å². The lowest BCUT2D eigenvalue weighted by Gasteiger charge is -2.52. The van der Waals surface area contributed by atoms with Crippen molar-refractivity contribution in [3.05, 3.63) is 34.5 Å². The summed E-state index contributed by atoms with van der Waals surface area (Å²) in [6.07, 6.45) is 6.26. The van der Waals surface area contributed by atoms with Crippen LogP contribution in [0.25, 0.3) is 10.9 Å². The molecule has 25 heavy (non-hydrogen) atoms. The summed E-state index contributed by atoms with van der Waals surface area (Å²) < 4.78 is 0. The van der Waals surface area contributed by atoms with Crippen LogP contribution in [0.3, 0.4) is 0 Å². The average molecular weight is 339 g/mol. The Morgan fingerprint density at radius 1 is 1.32 bits per heavy atom. The molecule has 2 aromatic rings. The highest BCUT2D eigenvalue weighted by atomic mass is 16.4. The molecule has 4 heteroatoms. The van der Waals surface area contributed by atoms with E-state index in [1.54, 1.807) is 6.92 Å². The van der Waals surface area contributed by atoms with Crippen LogP contribution < -0.4 is 0 Å². The second-order valence-corrected chi connectivity index (χ2v) is 7.84. The number of H-pyrrole nitrogens is 1. The van der Waals surface area contributed by atoms with E-state index in [0.717, 1.165) is 60.7 Å². The van der Waals surface area contributed by atoms with Crippen molar-refractivity contribution in [1.82, 2.24) is 4.98 Å². The fourth-order valence-corrected chi connectivity index (χ4v) is 5.13. The van der Waals surface area contributed by atoms with Gasteiger partial charge in [-0.2, -0.15) is 0 Å². The van der Waals surface area contributed by atoms with Crippen molar-refractivity contribution in [3.63, 3.8) is 0 Å². The van der Waals surface area contributed by atoms with Crippen molar-refractivity contribution >= 4 is 22.7 Å². The van der Waals surface area contributed by atoms with Crippen molar-refractivity contribution in [2.45, 2.75) is 64.2 Å². The summed E-state index contributed by atoms with van der Waals surface area (Å²) in [6, 6.07) is 4.03. The van der Waals surface area contributed by atoms with Gasteiger partial charge in [0.15, 0.2) is 5.78 Å². The number of nitrogens with one attached hydrogen (secondary N) is 1. The number of aromatic nitrogens is 1. The second-order valence-electron chi connectivity index (χ2n) is 7.84. The standard InChI is InChI=1S/C21H25NO3/c1-3-4-13-9-14(12(2)23)10-17-16-6-5-15-7-8-21(15,11-18(24)25)20(16)22-19(13)17/h9-10,15,22H,3-8,11H2,1-2H3,(H,24,25). The zero-order chi connectivity index (χ0) is 17.8. The molecule has 0 radical (unpaired) electrons. The molecule has 1 fully saturated rings. The van der Waals surface area contributed by atoms with E-state index in [9.17, 15) is 14.7 Å². The van der Waals surface area contributed by atoms with Crippen LogP contribution in [-0.2, 0) is 23.1 Å². The summed E-state index contributed by atoms with van der Waals surface area (Å²) in [5.41, 5.74) is 5.24. The molecule has 132 valence electrons. The Kier molecular flexibility index (Phi) is 3.75. The third kappa shape index (κ3) is 2.34. The highest BCUT2D eigenvalue weighted by molar-refractivity contribution is 6.00. The van der Waals surface area contributed by atoms with E-state index in [4.69, 9.17) is 0 Å². The van der Waals surface area contributed by atoms with Crippen LogP contribution in [0, 0.1) is 5.92 Å². The highest BCUT2D eigenvalue weighted by Crippen LogP contribution is 2.57. The number of aliphatic carboxylic acids is 1. The second kappa shape index (κ2) is 5.72. The highest BCUT2D eigenvalue weighted by Gasteiger charge is 2.53. The molecule has 2 N–H and O–H groups in total. The van der Waals surface area contributed by atoms with Crippen LogP contribution in [0.15, 0.2) is 12.1 Å². The topological polar surface area (TPSA) is 70.2 Å². The number of carbonyl (C=O) groups excluding carboxylic acids is 1. The molecule has 1 aromatic carbocycles. The predicted octanol–water partition coefficient (Wildman–Crippen LogP) is 4.39. The average Bonchev–Trinajstić information content (AvgIpc) is 2.90. The molecule has 1 saturated carbocycles. The van der Waals surface area contributed by atoms with Crippen LogP contribution in [-0.4, -0.2) is 21.8 Å². The van der Waals surface area contributed by atoms with Crippen molar-refractivity contribution in [1.29, 1.82) is 0 Å². The molecule has 0 spiro atoms. The maximum absolute atomic E-state index is 12.0. The van der Waals surface area contributed by atoms with E-state index in [0.29, 0.717) is 5.92 Å². The first kappa shape index (κ1) is 16.4. The minimum atomic E-state index is -0.714. The Morgan fingerprint density at radius 2 is 2.12 bits per heavy atom. The SMILES string of the molecule is CCCc1cc(C(C)=O)cc2c3c([nH]c12)C1(CC(=O)O)CCC1CC3. The maximum atomic E-state index is 12.0. The minimum Gasteiger partial charge on any atom is -0.481 e. The molecule has 4 nitrogen and oxygen atoms in total. The maximum Gasteiger partial charge on any atom is 0.304 e. The molecule has 0 saturated heterocycles. The number of carboxylic acids is 1. The van der Waals surface area contributed by atoms with E-state index in [1.165, 1.54) is 11.1 Å². The molecule has 0 aliphatic heterocycles. The smallest absolute Gasteiger partial charge is 0.304 e. The zero-order valence-electron chi connectivity index (χ0n) is 14.9. The lowest BCUT2D eigenvalue weighted by Crippen LogP contribution is -2.49. The number of rotatable bonds is 5. The van der Waals surface area contributed by atoms with Gasteiger partial charge in [0.2, 0.25) is 0 Å². The van der Waals surface area contributed by atoms with E-state index in [2.05, 4.69) is 11.9 Å². The summed E-state index contributed by atoms with van der Waals surface area (Å²) in [5.74, 6) is -0.146. The molecule has 1 aromatic heterocycles. The summed E-state index contributed by atoms with van der Waals surface area (Å²) >= 11 is 0. The summed E-state index contributed by atoms with van der Waals surface area (Å²) in [7, 11) is 0. The van der Waals surface area contributed by atoms with Crippen molar-refractivity contribution in [3.8, 4) is 0 Å². The first-order chi connectivity index (χ1) is 12.0. The Balaban J connectivity index is 1.95. The summed E-state index contributed by atoms with van der Waals surface area (Å²) in [4.78, 5) is 27.2. The fourth-order valence-electron chi connectivity index (χ4n) is 5.13. The molecule has 4 rings (SSSR count). The molecular weight excluding hydrogens is 314 g/mol. The van der Waals surface area contributed by atoms with Gasteiger partial charge in [0.25, 0.3) is 0 Å². The van der Waals surface area contributed by atoms with E-state index >= 15 is 0 Å². The predicted molar refractivity (Wildman–Crippen MR) is 97.3 cm³/mol. The third-order valence-electron chi connectivity index (χ3n) is 6.45. The Hall–Kier alpha value is -2.10. The van der Waals surface area contributed by atoms with E-state index in [1.807, 2.05) is 12.1 Å². The molecule has 1 heterocycles. The first-order valence-electron chi connectivity index (χ1n) is 9.37. The number of hydrogen-bond donors (Lipinski definition) is 2. The van der Waals surface area contributed by atoms with E-state index < -0.39 is 5.97 Å². The lowest BCUT2D eigenvalue weighted by molar-refractivity contribution is -0.141. The van der Waals surface area contributed by atoms with Gasteiger partial charge in [0.1, 0.15) is 0 Å². The number of hydrogen-bond acceptors (Lipinski definition) is 2. The fraction of sp³-hybridized carbons (Fsp3) is 0.524. The molecule has 0 bridgehead atoms. The number of Topliss-reactive ketones (excluding diaryl/α,β-unsaturated/α-hetero) is 1. The van der Waals surface area contributed by atoms with Gasteiger partial charge in [-0.05, 0) is 68.2 Å². The molecule has 2 aliphatic rings. The third-order valence-corrected chi connectivity index (χ3v) is 6.45. The largest absolute Gasteiger partial charge is 0.481 e. The van der Waals surface area contributed by atoms with Crippen LogP contribution in [0.1, 0.15) is 73.1 Å². The Labute approximate surface area is 147 Å². The van der Waals surface area contributed by atoms with Gasteiger partial charge in [0, 0.05) is 27.6 Å². The van der Waals surface area contributed by atoms with Crippen molar-refractivity contribution in [2.24, 2.45) is 5.92 Å². The molecule has 2 aliphatic carbocycles. The van der Waals surface area contributed by atoms with Crippen molar-refractivity contribution in [2.75, 3.05) is 0 Å². The van der Waals surface area contributed by atoms with Gasteiger partial charge in [-0.25, -0.2) is 0 Å². The normalized spacial score (nSPS) is 24.5. The number of aromatic amines is 1. The van der Waals surface area contributed by atoms with E-state index in [-0.39, 0.29) is 17.6 Å². The molecule has 0 amide bonds. The monoisotopic (exact) mass is 339 g/mol. The first-order valence-corrected chi connectivity index (χ1v) is 9.37. The molecular formula is C21H25NO3. The number of aryl methyl sites for hydroxylation is 2. The number of benzene rings is 1. The number of carboxylic acid groups (broad SMARTS) is 1. The lowest BCUT2D eigenvalue weighted by atomic mass is 9.52. The van der Waals surface area contributed by atoms with Crippen LogP contribution >= 0.6 is 0 Å². The number of ketones is 1. The quantitative estimate of drug-likeness (QED) is 0.794. The number of fused-ring (bicyclic) bond motifs is 5. The van der Waals surface area contributed by atoms with Gasteiger partial charge in [-0.15, -0.1) is 0 Å².